The van der Waals surface area contributed by atoms with E-state index in [4.69, 9.17) is 9.47 Å². The molecule has 1 aromatic heterocycles. The van der Waals surface area contributed by atoms with Gasteiger partial charge in [0.15, 0.2) is 0 Å². The van der Waals surface area contributed by atoms with Gasteiger partial charge in [0.2, 0.25) is 0 Å². The van der Waals surface area contributed by atoms with Gasteiger partial charge in [-0.1, -0.05) is 22.0 Å². The van der Waals surface area contributed by atoms with Crippen molar-refractivity contribution in [2.24, 2.45) is 0 Å². The maximum Gasteiger partial charge on any atom is 0.138 e. The minimum Gasteiger partial charge on any atom is -0.496 e. The van der Waals surface area contributed by atoms with E-state index < -0.39 is 0 Å². The molecule has 0 radical (unpaired) electrons. The Morgan fingerprint density at radius 3 is 2.65 bits per heavy atom. The molecule has 3 aromatic carbocycles. The molecule has 0 aliphatic heterocycles. The number of benzene rings is 3. The number of ether oxygens (including phenoxy) is 2. The van der Waals surface area contributed by atoms with Crippen molar-refractivity contribution in [3.63, 3.8) is 0 Å². The Bertz CT molecular complexity index is 1260. The minimum absolute atomic E-state index is 0.260. The summed E-state index contributed by atoms with van der Waals surface area (Å²) in [6, 6.07) is 19.3. The van der Waals surface area contributed by atoms with Gasteiger partial charge >= 0.3 is 0 Å². The third-order valence-corrected chi connectivity index (χ3v) is 5.22. The maximum absolute atomic E-state index is 13.2. The van der Waals surface area contributed by atoms with Crippen LogP contribution in [0.15, 0.2) is 71.3 Å². The van der Waals surface area contributed by atoms with Crippen LogP contribution < -0.4 is 9.47 Å². The normalized spacial score (nSPS) is 10.5. The molecule has 0 unspecified atom stereocenters. The number of H-pyrrole nitrogens is 1. The first-order chi connectivity index (χ1) is 15.1. The summed E-state index contributed by atoms with van der Waals surface area (Å²) in [6.45, 7) is 0.260. The predicted molar refractivity (Wildman–Crippen MR) is 119 cm³/mol. The molecule has 4 rings (SSSR count). The van der Waals surface area contributed by atoms with E-state index in [0.29, 0.717) is 28.6 Å². The van der Waals surface area contributed by atoms with Crippen LogP contribution in [-0.2, 0) is 6.61 Å². The van der Waals surface area contributed by atoms with Crippen molar-refractivity contribution in [1.29, 1.82) is 5.26 Å². The van der Waals surface area contributed by atoms with Crippen LogP contribution in [0.3, 0.4) is 0 Å². The van der Waals surface area contributed by atoms with E-state index >= 15 is 0 Å². The summed E-state index contributed by atoms with van der Waals surface area (Å²) < 4.78 is 25.4. The summed E-state index contributed by atoms with van der Waals surface area (Å²) in [7, 11) is 1.58. The van der Waals surface area contributed by atoms with Crippen LogP contribution in [0.5, 0.6) is 11.5 Å². The van der Waals surface area contributed by atoms with Crippen molar-refractivity contribution < 1.29 is 13.9 Å². The van der Waals surface area contributed by atoms with Crippen molar-refractivity contribution in [3.8, 4) is 40.2 Å². The molecule has 0 spiro atoms. The van der Waals surface area contributed by atoms with Crippen LogP contribution in [-0.4, -0.2) is 17.1 Å². The number of nitriles is 1. The zero-order chi connectivity index (χ0) is 21.8. The molecule has 0 amide bonds. The fraction of sp³-hybridized carbons (Fsp3) is 0.0833. The topological polar surface area (TPSA) is 70.9 Å². The number of aromatic nitrogens is 2. The minimum atomic E-state index is -0.294. The van der Waals surface area contributed by atoms with Crippen molar-refractivity contribution in [2.45, 2.75) is 6.61 Å². The van der Waals surface area contributed by atoms with Crippen molar-refractivity contribution in [3.05, 3.63) is 88.3 Å². The molecule has 0 fully saturated rings. The van der Waals surface area contributed by atoms with Gasteiger partial charge in [-0.05, 0) is 48.5 Å². The van der Waals surface area contributed by atoms with Crippen molar-refractivity contribution >= 4 is 15.9 Å². The number of hydrogen-bond donors (Lipinski definition) is 1. The lowest BCUT2D eigenvalue weighted by Gasteiger charge is -2.11. The van der Waals surface area contributed by atoms with E-state index in [2.05, 4.69) is 32.0 Å². The van der Waals surface area contributed by atoms with E-state index in [1.807, 2.05) is 24.3 Å². The molecule has 31 heavy (non-hydrogen) atoms. The monoisotopic (exact) mass is 477 g/mol. The number of hydrogen-bond acceptors (Lipinski definition) is 4. The second-order valence-electron chi connectivity index (χ2n) is 6.71. The first kappa shape index (κ1) is 20.6. The Morgan fingerprint density at radius 2 is 1.90 bits per heavy atom. The second-order valence-corrected chi connectivity index (χ2v) is 7.62. The maximum atomic E-state index is 13.2. The van der Waals surface area contributed by atoms with E-state index in [0.717, 1.165) is 21.2 Å². The summed E-state index contributed by atoms with van der Waals surface area (Å²) >= 11 is 3.37. The Labute approximate surface area is 187 Å². The smallest absolute Gasteiger partial charge is 0.138 e. The quantitative estimate of drug-likeness (QED) is 0.363. The van der Waals surface area contributed by atoms with Crippen LogP contribution in [0, 0.1) is 17.1 Å². The van der Waals surface area contributed by atoms with Crippen LogP contribution in [0.25, 0.3) is 22.6 Å². The molecule has 1 heterocycles. The molecule has 0 aliphatic rings. The summed E-state index contributed by atoms with van der Waals surface area (Å²) in [5.41, 5.74) is 3.63. The summed E-state index contributed by atoms with van der Waals surface area (Å²) in [5, 5.41) is 9.31. The van der Waals surface area contributed by atoms with E-state index in [1.54, 1.807) is 37.6 Å². The Kier molecular flexibility index (Phi) is 6.01. The van der Waals surface area contributed by atoms with Gasteiger partial charge in [0.05, 0.1) is 24.4 Å². The molecule has 0 saturated carbocycles. The first-order valence-corrected chi connectivity index (χ1v) is 10.2. The average molecular weight is 478 g/mol. The predicted octanol–water partition coefficient (Wildman–Crippen LogP) is 6.10. The fourth-order valence-electron chi connectivity index (χ4n) is 3.13. The van der Waals surface area contributed by atoms with Gasteiger partial charge in [-0.3, -0.25) is 0 Å². The highest BCUT2D eigenvalue weighted by atomic mass is 79.9. The van der Waals surface area contributed by atoms with Gasteiger partial charge in [-0.25, -0.2) is 9.37 Å². The zero-order valence-electron chi connectivity index (χ0n) is 16.5. The Hall–Kier alpha value is -3.63. The van der Waals surface area contributed by atoms with E-state index in [-0.39, 0.29) is 12.4 Å². The molecular weight excluding hydrogens is 461 g/mol. The lowest BCUT2D eigenvalue weighted by molar-refractivity contribution is 0.303. The van der Waals surface area contributed by atoms with E-state index in [9.17, 15) is 9.65 Å². The zero-order valence-corrected chi connectivity index (χ0v) is 18.1. The molecule has 0 bridgehead atoms. The summed E-state index contributed by atoms with van der Waals surface area (Å²) in [6.07, 6.45) is 1.78. The van der Waals surface area contributed by atoms with Crippen LogP contribution in [0.4, 0.5) is 4.39 Å². The summed E-state index contributed by atoms with van der Waals surface area (Å²) in [5.74, 6) is 1.56. The number of nitrogens with zero attached hydrogens (tertiary/aromatic N) is 2. The largest absolute Gasteiger partial charge is 0.496 e. The average Bonchev–Trinajstić information content (AvgIpc) is 3.28. The third kappa shape index (κ3) is 4.60. The SMILES string of the molecule is COc1cc(OCc2ccc(Br)cc2C#N)ccc1-c1c[nH]c(-c2ccc(F)cc2)n1. The van der Waals surface area contributed by atoms with Gasteiger partial charge in [0.1, 0.15) is 29.7 Å². The molecule has 0 saturated heterocycles. The van der Waals surface area contributed by atoms with Gasteiger partial charge in [-0.2, -0.15) is 5.26 Å². The third-order valence-electron chi connectivity index (χ3n) is 4.73. The standard InChI is InChI=1S/C24H17BrFN3O2/c1-30-23-11-20(31-14-16-2-5-18(25)10-17(16)12-27)8-9-21(23)22-13-28-24(29-22)15-3-6-19(26)7-4-15/h2-11,13H,14H2,1H3,(H,28,29). The highest BCUT2D eigenvalue weighted by Crippen LogP contribution is 2.34. The highest BCUT2D eigenvalue weighted by Gasteiger charge is 2.13. The van der Waals surface area contributed by atoms with Crippen LogP contribution in [0.1, 0.15) is 11.1 Å². The molecule has 7 heteroatoms. The number of aromatic amines is 1. The van der Waals surface area contributed by atoms with Gasteiger partial charge < -0.3 is 14.5 Å². The number of nitrogens with one attached hydrogen (secondary N) is 1. The fourth-order valence-corrected chi connectivity index (χ4v) is 3.49. The van der Waals surface area contributed by atoms with E-state index in [1.165, 1.54) is 12.1 Å². The van der Waals surface area contributed by atoms with Crippen LogP contribution in [0.2, 0.25) is 0 Å². The molecule has 5 nitrogen and oxygen atoms in total. The van der Waals surface area contributed by atoms with Gasteiger partial charge in [-0.15, -0.1) is 0 Å². The Morgan fingerprint density at radius 1 is 1.10 bits per heavy atom. The molecule has 4 aromatic rings. The van der Waals surface area contributed by atoms with Crippen molar-refractivity contribution in [1.82, 2.24) is 9.97 Å². The highest BCUT2D eigenvalue weighted by molar-refractivity contribution is 9.10. The van der Waals surface area contributed by atoms with Crippen LogP contribution >= 0.6 is 15.9 Å². The molecule has 1 N–H and O–H groups in total. The lowest BCUT2D eigenvalue weighted by atomic mass is 10.1. The second kappa shape index (κ2) is 9.02. The van der Waals surface area contributed by atoms with Gasteiger partial charge in [0.25, 0.3) is 0 Å². The molecular formula is C24H17BrFN3O2. The number of imidazole rings is 1. The number of rotatable bonds is 6. The lowest BCUT2D eigenvalue weighted by Crippen LogP contribution is -1.99. The molecule has 0 atom stereocenters. The number of methoxy groups -OCH3 is 1. The molecule has 0 aliphatic carbocycles. The Balaban J connectivity index is 1.55. The van der Waals surface area contributed by atoms with Crippen molar-refractivity contribution in [2.75, 3.05) is 7.11 Å². The summed E-state index contributed by atoms with van der Waals surface area (Å²) in [4.78, 5) is 7.72. The van der Waals surface area contributed by atoms with Gasteiger partial charge in [0, 0.05) is 33.4 Å². The number of halogens is 2. The first-order valence-electron chi connectivity index (χ1n) is 9.38. The molecule has 154 valence electrons.